The summed E-state index contributed by atoms with van der Waals surface area (Å²) in [7, 11) is 0. The SMILES string of the molecule is O=C(Cc1ccc(O)cc1)Nc1ccc(I)cc1. The van der Waals surface area contributed by atoms with Crippen LogP contribution >= 0.6 is 22.6 Å². The number of anilines is 1. The normalized spacial score (nSPS) is 10.1. The summed E-state index contributed by atoms with van der Waals surface area (Å²) in [6.45, 7) is 0. The van der Waals surface area contributed by atoms with Crippen molar-refractivity contribution in [1.29, 1.82) is 0 Å². The number of halogens is 1. The molecule has 1 amide bonds. The lowest BCUT2D eigenvalue weighted by atomic mass is 10.1. The highest BCUT2D eigenvalue weighted by Gasteiger charge is 2.04. The van der Waals surface area contributed by atoms with Crippen molar-refractivity contribution in [2.75, 3.05) is 5.32 Å². The lowest BCUT2D eigenvalue weighted by molar-refractivity contribution is -0.115. The molecule has 0 saturated heterocycles. The van der Waals surface area contributed by atoms with Gasteiger partial charge in [0.1, 0.15) is 5.75 Å². The molecule has 0 aliphatic carbocycles. The standard InChI is InChI=1S/C14H12INO2/c15-11-3-5-12(6-4-11)16-14(18)9-10-1-7-13(17)8-2-10/h1-8,17H,9H2,(H,16,18). The van der Waals surface area contributed by atoms with E-state index in [0.29, 0.717) is 6.42 Å². The Bertz CT molecular complexity index is 485. The van der Waals surface area contributed by atoms with E-state index < -0.39 is 0 Å². The highest BCUT2D eigenvalue weighted by Crippen LogP contribution is 2.13. The number of rotatable bonds is 3. The van der Waals surface area contributed by atoms with Gasteiger partial charge in [-0.3, -0.25) is 4.79 Å². The summed E-state index contributed by atoms with van der Waals surface area (Å²) in [6, 6.07) is 14.3. The molecule has 0 aromatic heterocycles. The average Bonchev–Trinajstić information content (AvgIpc) is 2.35. The van der Waals surface area contributed by atoms with Gasteiger partial charge in [0.15, 0.2) is 0 Å². The van der Waals surface area contributed by atoms with Crippen molar-refractivity contribution in [2.24, 2.45) is 0 Å². The van der Waals surface area contributed by atoms with Crippen LogP contribution in [-0.4, -0.2) is 11.0 Å². The second-order valence-corrected chi connectivity index (χ2v) is 5.14. The molecule has 2 rings (SSSR count). The average molecular weight is 353 g/mol. The first-order valence-electron chi connectivity index (χ1n) is 5.47. The third-order valence-electron chi connectivity index (χ3n) is 2.43. The van der Waals surface area contributed by atoms with Gasteiger partial charge in [-0.15, -0.1) is 0 Å². The van der Waals surface area contributed by atoms with E-state index in [1.165, 1.54) is 0 Å². The number of amides is 1. The van der Waals surface area contributed by atoms with Gasteiger partial charge in [-0.2, -0.15) is 0 Å². The molecule has 0 bridgehead atoms. The van der Waals surface area contributed by atoms with Gasteiger partial charge in [0.2, 0.25) is 5.91 Å². The number of carbonyl (C=O) groups excluding carboxylic acids is 1. The maximum atomic E-state index is 11.8. The van der Waals surface area contributed by atoms with Gasteiger partial charge in [0.25, 0.3) is 0 Å². The molecule has 0 spiro atoms. The Labute approximate surface area is 119 Å². The molecule has 0 atom stereocenters. The zero-order valence-corrected chi connectivity index (χ0v) is 11.7. The maximum Gasteiger partial charge on any atom is 0.228 e. The van der Waals surface area contributed by atoms with Gasteiger partial charge in [-0.1, -0.05) is 12.1 Å². The number of aromatic hydroxyl groups is 1. The number of phenols is 1. The number of carbonyl (C=O) groups is 1. The van der Waals surface area contributed by atoms with Crippen molar-refractivity contribution in [3.05, 3.63) is 57.7 Å². The van der Waals surface area contributed by atoms with Crippen LogP contribution in [0.15, 0.2) is 48.5 Å². The largest absolute Gasteiger partial charge is 0.508 e. The minimum absolute atomic E-state index is 0.0677. The molecule has 4 heteroatoms. The molecule has 92 valence electrons. The highest BCUT2D eigenvalue weighted by atomic mass is 127. The molecule has 0 heterocycles. The third-order valence-corrected chi connectivity index (χ3v) is 3.15. The van der Waals surface area contributed by atoms with Crippen molar-refractivity contribution in [1.82, 2.24) is 0 Å². The Balaban J connectivity index is 1.96. The van der Waals surface area contributed by atoms with E-state index in [1.54, 1.807) is 24.3 Å². The molecule has 0 aliphatic heterocycles. The Kier molecular flexibility index (Phi) is 4.19. The second kappa shape index (κ2) is 5.86. The monoisotopic (exact) mass is 353 g/mol. The zero-order valence-electron chi connectivity index (χ0n) is 9.56. The fourth-order valence-corrected chi connectivity index (χ4v) is 1.90. The first-order chi connectivity index (χ1) is 8.63. The molecule has 0 saturated carbocycles. The van der Waals surface area contributed by atoms with E-state index >= 15 is 0 Å². The van der Waals surface area contributed by atoms with Crippen LogP contribution in [0.2, 0.25) is 0 Å². The van der Waals surface area contributed by atoms with Gasteiger partial charge < -0.3 is 10.4 Å². The maximum absolute atomic E-state index is 11.8. The number of benzene rings is 2. The molecule has 0 radical (unpaired) electrons. The summed E-state index contributed by atoms with van der Waals surface area (Å²) in [5.41, 5.74) is 1.66. The van der Waals surface area contributed by atoms with Crippen LogP contribution in [0.1, 0.15) is 5.56 Å². The quantitative estimate of drug-likeness (QED) is 0.833. The fraction of sp³-hybridized carbons (Fsp3) is 0.0714. The van der Waals surface area contributed by atoms with Crippen LogP contribution in [0.25, 0.3) is 0 Å². The summed E-state index contributed by atoms with van der Waals surface area (Å²) in [5, 5.41) is 12.0. The van der Waals surface area contributed by atoms with Crippen LogP contribution in [0, 0.1) is 3.57 Å². The molecule has 0 fully saturated rings. The van der Waals surface area contributed by atoms with Crippen LogP contribution < -0.4 is 5.32 Å². The van der Waals surface area contributed by atoms with E-state index in [1.807, 2.05) is 24.3 Å². The molecular weight excluding hydrogens is 341 g/mol. The minimum Gasteiger partial charge on any atom is -0.508 e. The zero-order chi connectivity index (χ0) is 13.0. The molecule has 2 aromatic rings. The first kappa shape index (κ1) is 12.9. The van der Waals surface area contributed by atoms with Gasteiger partial charge in [0.05, 0.1) is 6.42 Å². The lowest BCUT2D eigenvalue weighted by Gasteiger charge is -2.05. The Morgan fingerprint density at radius 3 is 2.28 bits per heavy atom. The molecule has 2 aromatic carbocycles. The van der Waals surface area contributed by atoms with Crippen molar-refractivity contribution < 1.29 is 9.90 Å². The molecular formula is C14H12INO2. The summed E-state index contributed by atoms with van der Waals surface area (Å²) < 4.78 is 1.13. The van der Waals surface area contributed by atoms with E-state index in [-0.39, 0.29) is 11.7 Å². The first-order valence-corrected chi connectivity index (χ1v) is 6.55. The van der Waals surface area contributed by atoms with Crippen LogP contribution in [0.3, 0.4) is 0 Å². The van der Waals surface area contributed by atoms with Gasteiger partial charge in [-0.05, 0) is 64.6 Å². The Morgan fingerprint density at radius 2 is 1.67 bits per heavy atom. The predicted molar refractivity (Wildman–Crippen MR) is 79.6 cm³/mol. The molecule has 3 nitrogen and oxygen atoms in total. The highest BCUT2D eigenvalue weighted by molar-refractivity contribution is 14.1. The van der Waals surface area contributed by atoms with Crippen molar-refractivity contribution in [3.8, 4) is 5.75 Å². The van der Waals surface area contributed by atoms with Crippen LogP contribution in [0.4, 0.5) is 5.69 Å². The van der Waals surface area contributed by atoms with Gasteiger partial charge in [-0.25, -0.2) is 0 Å². The van der Waals surface area contributed by atoms with E-state index in [0.717, 1.165) is 14.8 Å². The molecule has 18 heavy (non-hydrogen) atoms. The Morgan fingerprint density at radius 1 is 1.06 bits per heavy atom. The van der Waals surface area contributed by atoms with Crippen molar-refractivity contribution in [2.45, 2.75) is 6.42 Å². The summed E-state index contributed by atoms with van der Waals surface area (Å²) in [4.78, 5) is 11.8. The number of phenolic OH excluding ortho intramolecular Hbond substituents is 1. The molecule has 2 N–H and O–H groups in total. The predicted octanol–water partition coefficient (Wildman–Crippen LogP) is 3.18. The second-order valence-electron chi connectivity index (χ2n) is 3.90. The van der Waals surface area contributed by atoms with E-state index in [4.69, 9.17) is 5.11 Å². The van der Waals surface area contributed by atoms with Crippen LogP contribution in [0.5, 0.6) is 5.75 Å². The molecule has 0 aliphatic rings. The number of nitrogens with one attached hydrogen (secondary N) is 1. The Hall–Kier alpha value is -1.56. The summed E-state index contributed by atoms with van der Waals surface area (Å²) in [5.74, 6) is 0.138. The van der Waals surface area contributed by atoms with Crippen LogP contribution in [-0.2, 0) is 11.2 Å². The van der Waals surface area contributed by atoms with E-state index in [9.17, 15) is 4.79 Å². The number of hydrogen-bond acceptors (Lipinski definition) is 2. The molecule has 0 unspecified atom stereocenters. The smallest absolute Gasteiger partial charge is 0.228 e. The fourth-order valence-electron chi connectivity index (χ4n) is 1.54. The van der Waals surface area contributed by atoms with Crippen molar-refractivity contribution in [3.63, 3.8) is 0 Å². The van der Waals surface area contributed by atoms with E-state index in [2.05, 4.69) is 27.9 Å². The topological polar surface area (TPSA) is 49.3 Å². The van der Waals surface area contributed by atoms with Crippen molar-refractivity contribution >= 4 is 34.2 Å². The van der Waals surface area contributed by atoms with Gasteiger partial charge >= 0.3 is 0 Å². The number of hydrogen-bond donors (Lipinski definition) is 2. The minimum atomic E-state index is -0.0677. The third kappa shape index (κ3) is 3.73. The summed E-state index contributed by atoms with van der Waals surface area (Å²) in [6.07, 6.45) is 0.298. The lowest BCUT2D eigenvalue weighted by Crippen LogP contribution is -2.14. The van der Waals surface area contributed by atoms with Gasteiger partial charge in [0, 0.05) is 9.26 Å². The summed E-state index contributed by atoms with van der Waals surface area (Å²) >= 11 is 2.22.